The summed E-state index contributed by atoms with van der Waals surface area (Å²) in [5.74, 6) is -0.545. The van der Waals surface area contributed by atoms with Crippen molar-refractivity contribution in [3.05, 3.63) is 71.0 Å². The second-order valence-electron chi connectivity index (χ2n) is 5.14. The minimum Gasteiger partial charge on any atom is -0.303 e. The van der Waals surface area contributed by atoms with E-state index in [0.717, 1.165) is 17.4 Å². The van der Waals surface area contributed by atoms with Crippen LogP contribution in [0.15, 0.2) is 48.5 Å². The average molecular weight is 284 g/mol. The van der Waals surface area contributed by atoms with Crippen LogP contribution in [0.2, 0.25) is 0 Å². The van der Waals surface area contributed by atoms with Crippen molar-refractivity contribution in [3.8, 4) is 0 Å². The highest BCUT2D eigenvalue weighted by molar-refractivity contribution is 5.96. The summed E-state index contributed by atoms with van der Waals surface area (Å²) >= 11 is 0. The van der Waals surface area contributed by atoms with Gasteiger partial charge < -0.3 is 4.79 Å². The number of benzene rings is 2. The Morgan fingerprint density at radius 3 is 2.29 bits per heavy atom. The fourth-order valence-corrected chi connectivity index (χ4v) is 2.27. The van der Waals surface area contributed by atoms with Gasteiger partial charge in [-0.15, -0.1) is 0 Å². The molecule has 0 N–H and O–H groups in total. The number of aryl methyl sites for hydroxylation is 1. The smallest absolute Gasteiger partial charge is 0.163 e. The molecule has 2 aromatic carbocycles. The fourth-order valence-electron chi connectivity index (χ4n) is 2.27. The highest BCUT2D eigenvalue weighted by atomic mass is 19.1. The number of hydrogen-bond acceptors (Lipinski definition) is 2. The van der Waals surface area contributed by atoms with Crippen molar-refractivity contribution >= 4 is 12.1 Å². The summed E-state index contributed by atoms with van der Waals surface area (Å²) in [4.78, 5) is 23.1. The number of hydrogen-bond donors (Lipinski definition) is 0. The second-order valence-corrected chi connectivity index (χ2v) is 5.14. The summed E-state index contributed by atoms with van der Waals surface area (Å²) in [7, 11) is 0. The molecule has 0 radical (unpaired) electrons. The molecular weight excluding hydrogens is 267 g/mol. The lowest BCUT2D eigenvalue weighted by Crippen LogP contribution is -2.08. The molecule has 0 bridgehead atoms. The number of ketones is 1. The first-order valence-electron chi connectivity index (χ1n) is 6.89. The highest BCUT2D eigenvalue weighted by Gasteiger charge is 2.17. The van der Waals surface area contributed by atoms with E-state index in [2.05, 4.69) is 0 Å². The van der Waals surface area contributed by atoms with E-state index in [4.69, 9.17) is 0 Å². The first kappa shape index (κ1) is 15.1. The first-order chi connectivity index (χ1) is 10.1. The lowest BCUT2D eigenvalue weighted by atomic mass is 9.89. The summed E-state index contributed by atoms with van der Waals surface area (Å²) in [6.45, 7) is 1.96. The Balaban J connectivity index is 2.15. The molecule has 3 heteroatoms. The van der Waals surface area contributed by atoms with E-state index in [9.17, 15) is 14.0 Å². The molecule has 0 amide bonds. The predicted octanol–water partition coefficient (Wildman–Crippen LogP) is 4.08. The molecule has 2 aromatic rings. The van der Waals surface area contributed by atoms with E-state index in [0.29, 0.717) is 5.56 Å². The zero-order chi connectivity index (χ0) is 15.2. The number of halogens is 1. The normalized spacial score (nSPS) is 11.9. The van der Waals surface area contributed by atoms with Crippen molar-refractivity contribution in [1.29, 1.82) is 0 Å². The Labute approximate surface area is 123 Å². The Bertz CT molecular complexity index is 615. The van der Waals surface area contributed by atoms with Gasteiger partial charge in [0.05, 0.1) is 0 Å². The van der Waals surface area contributed by atoms with E-state index in [-0.39, 0.29) is 30.4 Å². The van der Waals surface area contributed by atoms with E-state index < -0.39 is 0 Å². The van der Waals surface area contributed by atoms with Gasteiger partial charge in [-0.05, 0) is 30.5 Å². The number of aldehydes is 1. The van der Waals surface area contributed by atoms with Gasteiger partial charge in [0.2, 0.25) is 0 Å². The molecule has 1 atom stereocenters. The monoisotopic (exact) mass is 284 g/mol. The van der Waals surface area contributed by atoms with E-state index in [1.165, 1.54) is 12.1 Å². The molecule has 2 rings (SSSR count). The van der Waals surface area contributed by atoms with Gasteiger partial charge in [-0.25, -0.2) is 4.39 Å². The first-order valence-corrected chi connectivity index (χ1v) is 6.89. The van der Waals surface area contributed by atoms with E-state index in [1.54, 1.807) is 24.3 Å². The molecule has 0 saturated carbocycles. The Morgan fingerprint density at radius 1 is 1.10 bits per heavy atom. The van der Waals surface area contributed by atoms with Crippen LogP contribution in [0.1, 0.15) is 40.2 Å². The standard InChI is InChI=1S/C18H17FO2/c1-13-2-4-15(5-3-13)18(21)12-16(10-11-20)14-6-8-17(19)9-7-14/h2-9,11,16H,10,12H2,1H3/t16-/m1/s1. The SMILES string of the molecule is Cc1ccc(C(=O)C[C@@H](CC=O)c2ccc(F)cc2)cc1. The van der Waals surface area contributed by atoms with Crippen molar-refractivity contribution in [2.45, 2.75) is 25.7 Å². The second kappa shape index (κ2) is 6.93. The Kier molecular flexibility index (Phi) is 4.99. The van der Waals surface area contributed by atoms with Crippen LogP contribution in [-0.2, 0) is 4.79 Å². The van der Waals surface area contributed by atoms with Crippen LogP contribution in [0, 0.1) is 12.7 Å². The average Bonchev–Trinajstić information content (AvgIpc) is 2.48. The summed E-state index contributed by atoms with van der Waals surface area (Å²) < 4.78 is 13.0. The number of rotatable bonds is 6. The molecule has 0 heterocycles. The third kappa shape index (κ3) is 4.09. The molecular formula is C18H17FO2. The number of carbonyl (C=O) groups is 2. The van der Waals surface area contributed by atoms with E-state index in [1.807, 2.05) is 19.1 Å². The van der Waals surface area contributed by atoms with Crippen molar-refractivity contribution in [3.63, 3.8) is 0 Å². The molecule has 0 aliphatic carbocycles. The third-order valence-electron chi connectivity index (χ3n) is 3.53. The van der Waals surface area contributed by atoms with Gasteiger partial charge in [0.1, 0.15) is 12.1 Å². The Morgan fingerprint density at radius 2 is 1.71 bits per heavy atom. The lowest BCUT2D eigenvalue weighted by molar-refractivity contribution is -0.108. The van der Waals surface area contributed by atoms with Gasteiger partial charge >= 0.3 is 0 Å². The summed E-state index contributed by atoms with van der Waals surface area (Å²) in [5, 5.41) is 0. The Hall–Kier alpha value is -2.29. The van der Waals surface area contributed by atoms with Crippen LogP contribution < -0.4 is 0 Å². The summed E-state index contributed by atoms with van der Waals surface area (Å²) in [5.41, 5.74) is 2.54. The molecule has 0 spiro atoms. The lowest BCUT2D eigenvalue weighted by Gasteiger charge is -2.14. The zero-order valence-corrected chi connectivity index (χ0v) is 11.9. The number of carbonyl (C=O) groups excluding carboxylic acids is 2. The zero-order valence-electron chi connectivity index (χ0n) is 11.9. The topological polar surface area (TPSA) is 34.1 Å². The van der Waals surface area contributed by atoms with Crippen molar-refractivity contribution < 1.29 is 14.0 Å². The van der Waals surface area contributed by atoms with Crippen LogP contribution in [0.25, 0.3) is 0 Å². The highest BCUT2D eigenvalue weighted by Crippen LogP contribution is 2.25. The minimum absolute atomic E-state index is 0.00817. The molecule has 0 unspecified atom stereocenters. The van der Waals surface area contributed by atoms with Gasteiger partial charge in [-0.1, -0.05) is 42.0 Å². The van der Waals surface area contributed by atoms with Gasteiger partial charge in [-0.3, -0.25) is 4.79 Å². The maximum absolute atomic E-state index is 13.0. The fraction of sp³-hybridized carbons (Fsp3) is 0.222. The molecule has 0 aromatic heterocycles. The predicted molar refractivity (Wildman–Crippen MR) is 79.9 cm³/mol. The van der Waals surface area contributed by atoms with E-state index >= 15 is 0 Å². The largest absolute Gasteiger partial charge is 0.303 e. The number of Topliss-reactive ketones (excluding diaryl/α,β-unsaturated/α-hetero) is 1. The van der Waals surface area contributed by atoms with Gasteiger partial charge in [0.25, 0.3) is 0 Å². The van der Waals surface area contributed by atoms with Crippen molar-refractivity contribution in [2.75, 3.05) is 0 Å². The van der Waals surface area contributed by atoms with Crippen LogP contribution in [0.5, 0.6) is 0 Å². The van der Waals surface area contributed by atoms with Crippen molar-refractivity contribution in [1.82, 2.24) is 0 Å². The maximum atomic E-state index is 13.0. The molecule has 0 aliphatic rings. The van der Waals surface area contributed by atoms with Crippen molar-refractivity contribution in [2.24, 2.45) is 0 Å². The molecule has 0 aliphatic heterocycles. The molecule has 108 valence electrons. The molecule has 2 nitrogen and oxygen atoms in total. The third-order valence-corrected chi connectivity index (χ3v) is 3.53. The summed E-state index contributed by atoms with van der Waals surface area (Å²) in [6, 6.07) is 13.3. The van der Waals surface area contributed by atoms with Crippen LogP contribution in [-0.4, -0.2) is 12.1 Å². The maximum Gasteiger partial charge on any atom is 0.163 e. The quantitative estimate of drug-likeness (QED) is 0.591. The molecule has 0 saturated heterocycles. The minimum atomic E-state index is -0.325. The summed E-state index contributed by atoms with van der Waals surface area (Å²) in [6.07, 6.45) is 1.30. The van der Waals surface area contributed by atoms with Crippen LogP contribution >= 0.6 is 0 Å². The molecule has 21 heavy (non-hydrogen) atoms. The van der Waals surface area contributed by atoms with Crippen LogP contribution in [0.3, 0.4) is 0 Å². The molecule has 0 fully saturated rings. The van der Waals surface area contributed by atoms with Crippen LogP contribution in [0.4, 0.5) is 4.39 Å². The van der Waals surface area contributed by atoms with Gasteiger partial charge in [0, 0.05) is 18.4 Å². The van der Waals surface area contributed by atoms with Gasteiger partial charge in [0.15, 0.2) is 5.78 Å². The van der Waals surface area contributed by atoms with Gasteiger partial charge in [-0.2, -0.15) is 0 Å².